The third-order valence-electron chi connectivity index (χ3n) is 2.98. The zero-order valence-corrected chi connectivity index (χ0v) is 15.1. The van der Waals surface area contributed by atoms with Crippen LogP contribution in [0.4, 0.5) is 0 Å². The highest BCUT2D eigenvalue weighted by Crippen LogP contribution is 2.57. The topological polar surface area (TPSA) is 95.5 Å². The molecule has 0 aliphatic carbocycles. The van der Waals surface area contributed by atoms with E-state index in [1.807, 2.05) is 0 Å². The Bertz CT molecular complexity index is 626. The Balaban J connectivity index is 3.27. The summed E-state index contributed by atoms with van der Waals surface area (Å²) in [7, 11) is -7.91. The van der Waals surface area contributed by atoms with Crippen LogP contribution in [0.2, 0.25) is 0 Å². The van der Waals surface area contributed by atoms with Crippen LogP contribution < -0.4 is 0 Å². The normalized spacial score (nSPS) is 13.7. The minimum Gasteiger partial charge on any atom is -0.308 e. The lowest BCUT2D eigenvalue weighted by molar-refractivity contribution is 0.216. The summed E-state index contributed by atoms with van der Waals surface area (Å²) >= 11 is 0. The second-order valence-corrected chi connectivity index (χ2v) is 9.22. The van der Waals surface area contributed by atoms with Crippen LogP contribution in [-0.2, 0) is 23.4 Å². The lowest BCUT2D eigenvalue weighted by atomic mass is 10.2. The molecule has 9 heteroatoms. The largest absolute Gasteiger partial charge is 0.349 e. The maximum atomic E-state index is 13.0. The number of sulfone groups is 1. The Hall–Kier alpha value is -1.08. The van der Waals surface area contributed by atoms with Gasteiger partial charge in [-0.15, -0.1) is 6.58 Å². The molecule has 0 aliphatic heterocycles. The third kappa shape index (κ3) is 5.21. The fourth-order valence-electron chi connectivity index (χ4n) is 2.04. The van der Waals surface area contributed by atoms with Crippen molar-refractivity contribution in [3.63, 3.8) is 0 Å². The Morgan fingerprint density at radius 2 is 1.83 bits per heavy atom. The van der Waals surface area contributed by atoms with Crippen LogP contribution >= 0.6 is 7.60 Å². The number of hydrogen-bond donors (Lipinski definition) is 0. The quantitative estimate of drug-likeness (QED) is 0.258. The van der Waals surface area contributed by atoms with Gasteiger partial charge in [-0.05, 0) is 39.2 Å². The monoisotopic (exact) mass is 362 g/mol. The number of allylic oxidation sites excluding steroid dienone is 1. The van der Waals surface area contributed by atoms with E-state index < -0.39 is 22.4 Å². The SMILES string of the molecule is C=CCCCC(P(=O)(OCC)OCC)S(=O)(=O)c1ncccn1. The van der Waals surface area contributed by atoms with E-state index in [-0.39, 0.29) is 24.8 Å². The van der Waals surface area contributed by atoms with Gasteiger partial charge in [-0.1, -0.05) is 6.08 Å². The predicted molar refractivity (Wildman–Crippen MR) is 87.9 cm³/mol. The number of nitrogens with zero attached hydrogens (tertiary/aromatic N) is 2. The van der Waals surface area contributed by atoms with E-state index in [2.05, 4.69) is 16.5 Å². The van der Waals surface area contributed by atoms with Crippen molar-refractivity contribution in [2.24, 2.45) is 0 Å². The minimum atomic E-state index is -4.05. The molecule has 0 saturated heterocycles. The highest BCUT2D eigenvalue weighted by molar-refractivity contribution is 7.98. The zero-order chi connectivity index (χ0) is 17.3. The first-order chi connectivity index (χ1) is 10.9. The molecular weight excluding hydrogens is 339 g/mol. The van der Waals surface area contributed by atoms with Crippen LogP contribution in [0.5, 0.6) is 0 Å². The van der Waals surface area contributed by atoms with Crippen LogP contribution in [0.25, 0.3) is 0 Å². The van der Waals surface area contributed by atoms with Gasteiger partial charge in [0.15, 0.2) is 4.99 Å². The van der Waals surface area contributed by atoms with E-state index in [0.29, 0.717) is 12.8 Å². The van der Waals surface area contributed by atoms with Crippen molar-refractivity contribution in [2.75, 3.05) is 13.2 Å². The number of aromatic nitrogens is 2. The number of rotatable bonds is 11. The second kappa shape index (κ2) is 9.27. The first kappa shape index (κ1) is 20.0. The van der Waals surface area contributed by atoms with Gasteiger partial charge in [-0.2, -0.15) is 0 Å². The standard InChI is InChI=1S/C14H23N2O5PS/c1-4-7-8-10-13(22(17,20-5-2)21-6-3)23(18,19)14-15-11-9-12-16-14/h4,9,11-13H,1,5-8,10H2,2-3H3. The molecule has 1 unspecified atom stereocenters. The fourth-order valence-corrected chi connectivity index (χ4v) is 6.81. The summed E-state index contributed by atoms with van der Waals surface area (Å²) in [5, 5.41) is -0.372. The van der Waals surface area contributed by atoms with Crippen molar-refractivity contribution in [2.45, 2.75) is 43.3 Å². The molecule has 0 aromatic carbocycles. The highest BCUT2D eigenvalue weighted by Gasteiger charge is 2.46. The molecule has 0 saturated carbocycles. The van der Waals surface area contributed by atoms with Gasteiger partial charge >= 0.3 is 7.60 Å². The summed E-state index contributed by atoms with van der Waals surface area (Å²) < 4.78 is 49.2. The molecule has 0 amide bonds. The van der Waals surface area contributed by atoms with E-state index >= 15 is 0 Å². The Kier molecular flexibility index (Phi) is 8.05. The van der Waals surface area contributed by atoms with Gasteiger partial charge in [0.1, 0.15) is 0 Å². The Morgan fingerprint density at radius 1 is 1.26 bits per heavy atom. The summed E-state index contributed by atoms with van der Waals surface area (Å²) in [4.78, 5) is 6.23. The number of unbranched alkanes of at least 4 members (excludes halogenated alkanes) is 1. The average molecular weight is 362 g/mol. The maximum absolute atomic E-state index is 13.0. The van der Waals surface area contributed by atoms with Gasteiger partial charge in [-0.25, -0.2) is 18.4 Å². The van der Waals surface area contributed by atoms with E-state index in [1.165, 1.54) is 18.5 Å². The van der Waals surface area contributed by atoms with E-state index in [4.69, 9.17) is 9.05 Å². The van der Waals surface area contributed by atoms with E-state index in [1.54, 1.807) is 19.9 Å². The van der Waals surface area contributed by atoms with Crippen molar-refractivity contribution in [3.8, 4) is 0 Å². The van der Waals surface area contributed by atoms with Crippen LogP contribution in [0.1, 0.15) is 33.1 Å². The van der Waals surface area contributed by atoms with Crippen LogP contribution in [0.15, 0.2) is 36.3 Å². The second-order valence-electron chi connectivity index (χ2n) is 4.63. The first-order valence-corrected chi connectivity index (χ1v) is 10.6. The van der Waals surface area contributed by atoms with Gasteiger partial charge in [0, 0.05) is 12.4 Å². The summed E-state index contributed by atoms with van der Waals surface area (Å²) in [5.74, 6) is 0. The summed E-state index contributed by atoms with van der Waals surface area (Å²) in [6, 6.07) is 1.51. The van der Waals surface area contributed by atoms with Crippen molar-refractivity contribution >= 4 is 17.4 Å². The molecule has 1 heterocycles. The smallest absolute Gasteiger partial charge is 0.308 e. The van der Waals surface area contributed by atoms with Gasteiger partial charge < -0.3 is 9.05 Å². The lowest BCUT2D eigenvalue weighted by Gasteiger charge is -2.25. The predicted octanol–water partition coefficient (Wildman–Crippen LogP) is 3.20. The third-order valence-corrected chi connectivity index (χ3v) is 8.46. The van der Waals surface area contributed by atoms with E-state index in [9.17, 15) is 13.0 Å². The molecule has 0 N–H and O–H groups in total. The highest BCUT2D eigenvalue weighted by atomic mass is 32.2. The fraction of sp³-hybridized carbons (Fsp3) is 0.571. The Morgan fingerprint density at radius 3 is 2.30 bits per heavy atom. The summed E-state index contributed by atoms with van der Waals surface area (Å²) in [5.41, 5.74) is 0. The molecule has 1 aromatic rings. The molecule has 7 nitrogen and oxygen atoms in total. The molecule has 1 atom stereocenters. The molecule has 0 radical (unpaired) electrons. The summed E-state index contributed by atoms with van der Waals surface area (Å²) in [6.45, 7) is 7.05. The van der Waals surface area contributed by atoms with Gasteiger partial charge in [0.25, 0.3) is 0 Å². The molecule has 130 valence electrons. The first-order valence-electron chi connectivity index (χ1n) is 7.43. The lowest BCUT2D eigenvalue weighted by Crippen LogP contribution is -2.26. The maximum Gasteiger partial charge on any atom is 0.349 e. The zero-order valence-electron chi connectivity index (χ0n) is 13.4. The molecule has 0 spiro atoms. The molecule has 0 bridgehead atoms. The van der Waals surface area contributed by atoms with E-state index in [0.717, 1.165) is 0 Å². The number of hydrogen-bond acceptors (Lipinski definition) is 7. The molecule has 23 heavy (non-hydrogen) atoms. The van der Waals surface area contributed by atoms with Gasteiger partial charge in [-0.3, -0.25) is 4.57 Å². The Labute approximate surface area is 137 Å². The van der Waals surface area contributed by atoms with Crippen molar-refractivity contribution in [3.05, 3.63) is 31.1 Å². The van der Waals surface area contributed by atoms with Gasteiger partial charge in [0.05, 0.1) is 13.2 Å². The molecule has 1 aromatic heterocycles. The molecule has 1 rings (SSSR count). The molecule has 0 aliphatic rings. The minimum absolute atomic E-state index is 0.0837. The van der Waals surface area contributed by atoms with Crippen molar-refractivity contribution in [1.82, 2.24) is 9.97 Å². The van der Waals surface area contributed by atoms with Crippen molar-refractivity contribution in [1.29, 1.82) is 0 Å². The average Bonchev–Trinajstić information content (AvgIpc) is 2.52. The van der Waals surface area contributed by atoms with Crippen LogP contribution in [0, 0.1) is 0 Å². The summed E-state index contributed by atoms with van der Waals surface area (Å²) in [6.07, 6.45) is 5.53. The van der Waals surface area contributed by atoms with Crippen LogP contribution in [0.3, 0.4) is 0 Å². The van der Waals surface area contributed by atoms with Gasteiger partial charge in [0.2, 0.25) is 15.0 Å². The van der Waals surface area contributed by atoms with Crippen molar-refractivity contribution < 1.29 is 22.0 Å². The van der Waals surface area contributed by atoms with Crippen LogP contribution in [-0.4, -0.2) is 36.6 Å². The molecular formula is C14H23N2O5PS. The molecule has 0 fully saturated rings.